The Labute approximate surface area is 201 Å². The fraction of sp³-hybridized carbons (Fsp3) is 0.308. The number of amides is 2. The molecule has 34 heavy (non-hydrogen) atoms. The summed E-state index contributed by atoms with van der Waals surface area (Å²) in [5, 5.41) is 14.7. The summed E-state index contributed by atoms with van der Waals surface area (Å²) in [6.45, 7) is 4.57. The predicted molar refractivity (Wildman–Crippen MR) is 131 cm³/mol. The molecule has 0 aliphatic carbocycles. The minimum atomic E-state index is -0.498. The first-order valence-electron chi connectivity index (χ1n) is 11.2. The lowest BCUT2D eigenvalue weighted by Crippen LogP contribution is -2.41. The molecular formula is C26H25N3O4S. The highest BCUT2D eigenvalue weighted by Gasteiger charge is 2.30. The molecule has 1 aliphatic rings. The number of carbonyl (C=O) groups excluding carboxylic acids is 3. The summed E-state index contributed by atoms with van der Waals surface area (Å²) in [5.74, 6) is -1.01. The first-order chi connectivity index (χ1) is 16.4. The number of hydrogen-bond acceptors (Lipinski definition) is 6. The zero-order valence-electron chi connectivity index (χ0n) is 19.1. The van der Waals surface area contributed by atoms with Crippen LogP contribution in [-0.2, 0) is 9.53 Å². The molecule has 1 fully saturated rings. The number of carbonyl (C=O) groups is 3. The summed E-state index contributed by atoms with van der Waals surface area (Å²) in [6.07, 6.45) is 1.05. The number of benzene rings is 2. The Hall–Kier alpha value is -3.70. The molecule has 1 aromatic heterocycles. The smallest absolute Gasteiger partial charge is 0.348 e. The van der Waals surface area contributed by atoms with E-state index in [2.05, 4.69) is 11.4 Å². The molecule has 1 N–H and O–H groups in total. The lowest BCUT2D eigenvalue weighted by atomic mass is 9.94. The summed E-state index contributed by atoms with van der Waals surface area (Å²) >= 11 is 1.06. The number of anilines is 1. The van der Waals surface area contributed by atoms with Crippen LogP contribution < -0.4 is 5.32 Å². The molecule has 0 bridgehead atoms. The maximum absolute atomic E-state index is 13.2. The molecule has 0 saturated carbocycles. The Morgan fingerprint density at radius 2 is 1.85 bits per heavy atom. The van der Waals surface area contributed by atoms with E-state index in [0.29, 0.717) is 46.9 Å². The number of nitriles is 1. The van der Waals surface area contributed by atoms with Crippen molar-refractivity contribution in [1.82, 2.24) is 4.90 Å². The second-order valence-corrected chi connectivity index (χ2v) is 9.20. The molecular weight excluding hydrogens is 450 g/mol. The van der Waals surface area contributed by atoms with E-state index in [9.17, 15) is 19.6 Å². The number of nitrogens with zero attached hydrogens (tertiary/aromatic N) is 2. The first kappa shape index (κ1) is 23.5. The van der Waals surface area contributed by atoms with Crippen LogP contribution >= 0.6 is 11.3 Å². The third-order valence-electron chi connectivity index (χ3n) is 6.13. The van der Waals surface area contributed by atoms with Crippen LogP contribution in [0.3, 0.4) is 0 Å². The van der Waals surface area contributed by atoms with Crippen molar-refractivity contribution in [1.29, 1.82) is 5.26 Å². The highest BCUT2D eigenvalue weighted by atomic mass is 32.1. The van der Waals surface area contributed by atoms with Gasteiger partial charge in [0.1, 0.15) is 15.9 Å². The van der Waals surface area contributed by atoms with Crippen LogP contribution in [0.5, 0.6) is 0 Å². The van der Waals surface area contributed by atoms with Crippen molar-refractivity contribution < 1.29 is 19.1 Å². The maximum Gasteiger partial charge on any atom is 0.348 e. The SMILES string of the molecule is CCOC(=O)c1sc(NC(=O)C2CCN(C(=O)c3cccc4ccccc34)CC2)c(C#N)c1C. The number of hydrogen-bond donors (Lipinski definition) is 1. The third kappa shape index (κ3) is 4.52. The molecule has 3 aromatic rings. The highest BCUT2D eigenvalue weighted by Crippen LogP contribution is 2.34. The molecule has 1 aliphatic heterocycles. The number of likely N-dealkylation sites (tertiary alicyclic amines) is 1. The van der Waals surface area contributed by atoms with E-state index in [1.807, 2.05) is 42.5 Å². The normalized spacial score (nSPS) is 14.0. The van der Waals surface area contributed by atoms with Gasteiger partial charge in [0.25, 0.3) is 5.91 Å². The van der Waals surface area contributed by atoms with Gasteiger partial charge in [0.05, 0.1) is 12.2 Å². The van der Waals surface area contributed by atoms with Gasteiger partial charge in [-0.05, 0) is 49.1 Å². The summed E-state index contributed by atoms with van der Waals surface area (Å²) in [4.78, 5) is 40.4. The maximum atomic E-state index is 13.2. The quantitative estimate of drug-likeness (QED) is 0.537. The average molecular weight is 476 g/mol. The number of fused-ring (bicyclic) bond motifs is 1. The van der Waals surface area contributed by atoms with Crippen molar-refractivity contribution >= 4 is 44.9 Å². The fourth-order valence-electron chi connectivity index (χ4n) is 4.27. The van der Waals surface area contributed by atoms with E-state index < -0.39 is 5.97 Å². The van der Waals surface area contributed by atoms with E-state index in [0.717, 1.165) is 22.1 Å². The number of esters is 1. The minimum absolute atomic E-state index is 0.0321. The van der Waals surface area contributed by atoms with Crippen molar-refractivity contribution in [3.05, 3.63) is 64.0 Å². The molecule has 0 radical (unpaired) electrons. The van der Waals surface area contributed by atoms with E-state index in [-0.39, 0.29) is 29.9 Å². The Morgan fingerprint density at radius 3 is 2.56 bits per heavy atom. The van der Waals surface area contributed by atoms with Crippen molar-refractivity contribution in [2.24, 2.45) is 5.92 Å². The molecule has 0 spiro atoms. The van der Waals surface area contributed by atoms with Crippen LogP contribution in [0.2, 0.25) is 0 Å². The monoisotopic (exact) mass is 475 g/mol. The Kier molecular flexibility index (Phi) is 6.94. The summed E-state index contributed by atoms with van der Waals surface area (Å²) in [6, 6.07) is 15.6. The van der Waals surface area contributed by atoms with Gasteiger partial charge >= 0.3 is 5.97 Å². The van der Waals surface area contributed by atoms with Gasteiger partial charge in [0, 0.05) is 24.6 Å². The number of thiophene rings is 1. The van der Waals surface area contributed by atoms with E-state index in [1.54, 1.807) is 18.7 Å². The Morgan fingerprint density at radius 1 is 1.15 bits per heavy atom. The van der Waals surface area contributed by atoms with Gasteiger partial charge in [0.15, 0.2) is 0 Å². The van der Waals surface area contributed by atoms with Gasteiger partial charge in [-0.15, -0.1) is 11.3 Å². The van der Waals surface area contributed by atoms with Crippen LogP contribution in [0, 0.1) is 24.2 Å². The standard InChI is InChI=1S/C26H25N3O4S/c1-3-33-26(32)22-16(2)21(15-27)24(34-22)28-23(30)18-11-13-29(14-12-18)25(31)20-10-6-8-17-7-4-5-9-19(17)20/h4-10,18H,3,11-14H2,1-2H3,(H,28,30). The van der Waals surface area contributed by atoms with E-state index in [4.69, 9.17) is 4.74 Å². The number of rotatable bonds is 5. The lowest BCUT2D eigenvalue weighted by molar-refractivity contribution is -0.121. The first-order valence-corrected chi connectivity index (χ1v) is 12.0. The number of piperidine rings is 1. The largest absolute Gasteiger partial charge is 0.462 e. The van der Waals surface area contributed by atoms with Gasteiger partial charge in [-0.25, -0.2) is 4.79 Å². The molecule has 2 heterocycles. The van der Waals surface area contributed by atoms with Crippen molar-refractivity contribution in [3.63, 3.8) is 0 Å². The molecule has 0 atom stereocenters. The molecule has 1 saturated heterocycles. The van der Waals surface area contributed by atoms with E-state index in [1.165, 1.54) is 0 Å². The predicted octanol–water partition coefficient (Wildman–Crippen LogP) is 4.75. The number of ether oxygens (including phenoxy) is 1. The Balaban J connectivity index is 1.42. The summed E-state index contributed by atoms with van der Waals surface area (Å²) < 4.78 is 5.05. The fourth-order valence-corrected chi connectivity index (χ4v) is 5.32. The van der Waals surface area contributed by atoms with Gasteiger partial charge in [-0.3, -0.25) is 9.59 Å². The number of nitrogens with one attached hydrogen (secondary N) is 1. The molecule has 2 aromatic carbocycles. The summed E-state index contributed by atoms with van der Waals surface area (Å²) in [5.41, 5.74) is 1.46. The topological polar surface area (TPSA) is 99.5 Å². The van der Waals surface area contributed by atoms with Gasteiger partial charge in [-0.1, -0.05) is 36.4 Å². The van der Waals surface area contributed by atoms with Crippen molar-refractivity contribution in [2.45, 2.75) is 26.7 Å². The van der Waals surface area contributed by atoms with Crippen molar-refractivity contribution in [3.8, 4) is 6.07 Å². The molecule has 174 valence electrons. The van der Waals surface area contributed by atoms with Crippen LogP contribution in [0.4, 0.5) is 5.00 Å². The van der Waals surface area contributed by atoms with Crippen LogP contribution in [0.15, 0.2) is 42.5 Å². The van der Waals surface area contributed by atoms with Gasteiger partial charge < -0.3 is 15.0 Å². The second kappa shape index (κ2) is 10.1. The van der Waals surface area contributed by atoms with Crippen LogP contribution in [0.1, 0.15) is 50.9 Å². The molecule has 4 rings (SSSR count). The van der Waals surface area contributed by atoms with Crippen LogP contribution in [0.25, 0.3) is 10.8 Å². The lowest BCUT2D eigenvalue weighted by Gasteiger charge is -2.31. The molecule has 8 heteroatoms. The zero-order valence-corrected chi connectivity index (χ0v) is 19.9. The summed E-state index contributed by atoms with van der Waals surface area (Å²) in [7, 11) is 0. The van der Waals surface area contributed by atoms with Crippen LogP contribution in [-0.4, -0.2) is 42.4 Å². The zero-order chi connectivity index (χ0) is 24.2. The minimum Gasteiger partial charge on any atom is -0.462 e. The van der Waals surface area contributed by atoms with Crippen molar-refractivity contribution in [2.75, 3.05) is 25.0 Å². The van der Waals surface area contributed by atoms with Gasteiger partial charge in [0.2, 0.25) is 5.91 Å². The molecule has 7 nitrogen and oxygen atoms in total. The molecule has 0 unspecified atom stereocenters. The average Bonchev–Trinajstić information content (AvgIpc) is 3.18. The Bertz CT molecular complexity index is 1290. The van der Waals surface area contributed by atoms with E-state index >= 15 is 0 Å². The molecule has 2 amide bonds. The van der Waals surface area contributed by atoms with Gasteiger partial charge in [-0.2, -0.15) is 5.26 Å². The highest BCUT2D eigenvalue weighted by molar-refractivity contribution is 7.18. The second-order valence-electron chi connectivity index (χ2n) is 8.18. The third-order valence-corrected chi connectivity index (χ3v) is 7.32.